The molecule has 84 valence electrons. The SMILES string of the molecule is CN(Cc1cscn1)C(=O)c1cc(S)cs1. The quantitative estimate of drug-likeness (QED) is 0.870. The number of rotatable bonds is 3. The zero-order valence-electron chi connectivity index (χ0n) is 8.58. The summed E-state index contributed by atoms with van der Waals surface area (Å²) in [7, 11) is 1.78. The average Bonchev–Trinajstić information content (AvgIpc) is 2.88. The summed E-state index contributed by atoms with van der Waals surface area (Å²) >= 11 is 7.13. The Hall–Kier alpha value is -0.850. The fourth-order valence-electron chi connectivity index (χ4n) is 1.26. The maximum Gasteiger partial charge on any atom is 0.264 e. The van der Waals surface area contributed by atoms with Gasteiger partial charge in [-0.05, 0) is 6.07 Å². The largest absolute Gasteiger partial charge is 0.335 e. The molecule has 0 N–H and O–H groups in total. The molecule has 1 amide bonds. The van der Waals surface area contributed by atoms with Gasteiger partial charge < -0.3 is 4.90 Å². The van der Waals surface area contributed by atoms with Gasteiger partial charge in [0.2, 0.25) is 0 Å². The zero-order valence-corrected chi connectivity index (χ0v) is 11.1. The van der Waals surface area contributed by atoms with E-state index in [1.54, 1.807) is 23.5 Å². The second-order valence-corrected chi connectivity index (χ2v) is 5.46. The molecular weight excluding hydrogens is 260 g/mol. The van der Waals surface area contributed by atoms with Gasteiger partial charge in [-0.25, -0.2) is 4.98 Å². The van der Waals surface area contributed by atoms with Gasteiger partial charge in [0, 0.05) is 22.7 Å². The predicted octanol–water partition coefficient (Wildman–Crippen LogP) is 2.77. The van der Waals surface area contributed by atoms with Crippen LogP contribution in [0.25, 0.3) is 0 Å². The van der Waals surface area contributed by atoms with Crippen molar-refractivity contribution in [1.82, 2.24) is 9.88 Å². The molecule has 2 aromatic rings. The molecule has 0 unspecified atom stereocenters. The number of hydrogen-bond acceptors (Lipinski definition) is 5. The Labute approximate surface area is 107 Å². The molecule has 2 rings (SSSR count). The monoisotopic (exact) mass is 270 g/mol. The maximum atomic E-state index is 12.0. The molecule has 0 aliphatic carbocycles. The van der Waals surface area contributed by atoms with Crippen molar-refractivity contribution in [1.29, 1.82) is 0 Å². The van der Waals surface area contributed by atoms with Gasteiger partial charge in [0.15, 0.2) is 0 Å². The van der Waals surface area contributed by atoms with Crippen molar-refractivity contribution < 1.29 is 4.79 Å². The average molecular weight is 270 g/mol. The summed E-state index contributed by atoms with van der Waals surface area (Å²) in [6, 6.07) is 1.79. The van der Waals surface area contributed by atoms with Gasteiger partial charge >= 0.3 is 0 Å². The number of thiophene rings is 1. The summed E-state index contributed by atoms with van der Waals surface area (Å²) in [4.78, 5) is 19.3. The van der Waals surface area contributed by atoms with E-state index in [1.165, 1.54) is 22.7 Å². The van der Waals surface area contributed by atoms with Crippen LogP contribution in [-0.2, 0) is 6.54 Å². The third kappa shape index (κ3) is 2.63. The first-order valence-electron chi connectivity index (χ1n) is 4.57. The topological polar surface area (TPSA) is 33.2 Å². The first kappa shape index (κ1) is 11.6. The third-order valence-corrected chi connectivity index (χ3v) is 4.01. The van der Waals surface area contributed by atoms with Gasteiger partial charge in [-0.2, -0.15) is 0 Å². The molecule has 2 aromatic heterocycles. The van der Waals surface area contributed by atoms with Crippen LogP contribution in [0.4, 0.5) is 0 Å². The molecule has 16 heavy (non-hydrogen) atoms. The van der Waals surface area contributed by atoms with Crippen molar-refractivity contribution in [3.63, 3.8) is 0 Å². The standard InChI is InChI=1S/C10H10N2OS3/c1-12(3-7-4-15-6-11-7)10(13)9-2-8(14)5-16-9/h2,4-6,14H,3H2,1H3. The Morgan fingerprint density at radius 2 is 2.38 bits per heavy atom. The van der Waals surface area contributed by atoms with Crippen molar-refractivity contribution in [2.75, 3.05) is 7.05 Å². The van der Waals surface area contributed by atoms with E-state index in [9.17, 15) is 4.79 Å². The molecular formula is C10H10N2OS3. The summed E-state index contributed by atoms with van der Waals surface area (Å²) in [5.74, 6) is 0.0123. The first-order chi connectivity index (χ1) is 7.66. The number of carbonyl (C=O) groups is 1. The van der Waals surface area contributed by atoms with E-state index in [2.05, 4.69) is 17.6 Å². The lowest BCUT2D eigenvalue weighted by molar-refractivity contribution is 0.0788. The minimum absolute atomic E-state index is 0.0123. The number of thiol groups is 1. The normalized spacial score (nSPS) is 10.4. The van der Waals surface area contributed by atoms with Gasteiger partial charge in [0.1, 0.15) is 0 Å². The highest BCUT2D eigenvalue weighted by atomic mass is 32.1. The lowest BCUT2D eigenvalue weighted by Gasteiger charge is -2.14. The van der Waals surface area contributed by atoms with E-state index < -0.39 is 0 Å². The predicted molar refractivity (Wildman–Crippen MR) is 69.5 cm³/mol. The number of nitrogens with zero attached hydrogens (tertiary/aromatic N) is 2. The third-order valence-electron chi connectivity index (χ3n) is 2.03. The Bertz CT molecular complexity index is 478. The summed E-state index contributed by atoms with van der Waals surface area (Å²) in [5.41, 5.74) is 2.69. The summed E-state index contributed by atoms with van der Waals surface area (Å²) in [6.07, 6.45) is 0. The molecule has 0 radical (unpaired) electrons. The van der Waals surface area contributed by atoms with Gasteiger partial charge in [0.05, 0.1) is 22.6 Å². The van der Waals surface area contributed by atoms with Gasteiger partial charge in [-0.3, -0.25) is 4.79 Å². The molecule has 0 aromatic carbocycles. The minimum Gasteiger partial charge on any atom is -0.335 e. The molecule has 0 saturated heterocycles. The van der Waals surface area contributed by atoms with Crippen LogP contribution >= 0.6 is 35.3 Å². The molecule has 2 heterocycles. The molecule has 0 aliphatic heterocycles. The first-order valence-corrected chi connectivity index (χ1v) is 6.84. The summed E-state index contributed by atoms with van der Waals surface area (Å²) in [6.45, 7) is 0.544. The van der Waals surface area contributed by atoms with Gasteiger partial charge in [-0.1, -0.05) is 0 Å². The van der Waals surface area contributed by atoms with Crippen LogP contribution in [0.2, 0.25) is 0 Å². The van der Waals surface area contributed by atoms with Crippen molar-refractivity contribution in [3.8, 4) is 0 Å². The Kier molecular flexibility index (Phi) is 3.63. The van der Waals surface area contributed by atoms with Crippen molar-refractivity contribution in [3.05, 3.63) is 32.9 Å². The van der Waals surface area contributed by atoms with Crippen molar-refractivity contribution in [2.45, 2.75) is 11.4 Å². The fraction of sp³-hybridized carbons (Fsp3) is 0.200. The van der Waals surface area contributed by atoms with E-state index >= 15 is 0 Å². The number of aromatic nitrogens is 1. The Morgan fingerprint density at radius 1 is 1.56 bits per heavy atom. The molecule has 3 nitrogen and oxygen atoms in total. The van der Waals surface area contributed by atoms with E-state index in [-0.39, 0.29) is 5.91 Å². The molecule has 0 saturated carbocycles. The highest BCUT2D eigenvalue weighted by Crippen LogP contribution is 2.19. The second kappa shape index (κ2) is 4.99. The lowest BCUT2D eigenvalue weighted by Crippen LogP contribution is -2.25. The lowest BCUT2D eigenvalue weighted by atomic mass is 10.4. The van der Waals surface area contributed by atoms with Crippen LogP contribution in [0.3, 0.4) is 0 Å². The fourth-order valence-corrected chi connectivity index (χ4v) is 2.95. The second-order valence-electron chi connectivity index (χ2n) is 3.31. The number of thiazole rings is 1. The van der Waals surface area contributed by atoms with Gasteiger partial charge in [0.25, 0.3) is 5.91 Å². The summed E-state index contributed by atoms with van der Waals surface area (Å²) < 4.78 is 0. The maximum absolute atomic E-state index is 12.0. The van der Waals surface area contributed by atoms with Gasteiger partial charge in [-0.15, -0.1) is 35.3 Å². The highest BCUT2D eigenvalue weighted by molar-refractivity contribution is 7.80. The zero-order chi connectivity index (χ0) is 11.5. The van der Waals surface area contributed by atoms with Crippen LogP contribution in [0, 0.1) is 0 Å². The molecule has 6 heteroatoms. The van der Waals surface area contributed by atoms with E-state index in [4.69, 9.17) is 0 Å². The van der Waals surface area contributed by atoms with Crippen molar-refractivity contribution in [2.24, 2.45) is 0 Å². The Morgan fingerprint density at radius 3 is 2.94 bits per heavy atom. The number of hydrogen-bond donors (Lipinski definition) is 1. The Balaban J connectivity index is 2.05. The van der Waals surface area contributed by atoms with Crippen LogP contribution in [0.1, 0.15) is 15.4 Å². The van der Waals surface area contributed by atoms with E-state index in [1.807, 2.05) is 10.8 Å². The summed E-state index contributed by atoms with van der Waals surface area (Å²) in [5, 5.41) is 3.80. The molecule has 0 spiro atoms. The molecule has 0 fully saturated rings. The van der Waals surface area contributed by atoms with Crippen LogP contribution < -0.4 is 0 Å². The molecule has 0 aliphatic rings. The van der Waals surface area contributed by atoms with E-state index in [0.717, 1.165) is 10.6 Å². The number of carbonyl (C=O) groups excluding carboxylic acids is 1. The smallest absolute Gasteiger partial charge is 0.264 e. The van der Waals surface area contributed by atoms with Crippen LogP contribution in [-0.4, -0.2) is 22.8 Å². The van der Waals surface area contributed by atoms with Crippen molar-refractivity contribution >= 4 is 41.2 Å². The van der Waals surface area contributed by atoms with Crippen LogP contribution in [0.15, 0.2) is 27.2 Å². The molecule has 0 atom stereocenters. The highest BCUT2D eigenvalue weighted by Gasteiger charge is 2.14. The molecule has 0 bridgehead atoms. The van der Waals surface area contributed by atoms with E-state index in [0.29, 0.717) is 11.4 Å². The number of amides is 1. The minimum atomic E-state index is 0.0123. The van der Waals surface area contributed by atoms with Crippen LogP contribution in [0.5, 0.6) is 0 Å².